The number of hydrogen-bond acceptors (Lipinski definition) is 5. The molecule has 2 aromatic rings. The van der Waals surface area contributed by atoms with Gasteiger partial charge >= 0.3 is 5.97 Å². The molecule has 1 N–H and O–H groups in total. The van der Waals surface area contributed by atoms with Crippen LogP contribution in [0, 0.1) is 6.92 Å². The van der Waals surface area contributed by atoms with E-state index in [0.29, 0.717) is 17.7 Å². The van der Waals surface area contributed by atoms with Crippen LogP contribution in [0.2, 0.25) is 0 Å². The largest absolute Gasteiger partial charge is 0.506 e. The van der Waals surface area contributed by atoms with Gasteiger partial charge in [0.1, 0.15) is 17.1 Å². The van der Waals surface area contributed by atoms with Crippen LogP contribution < -0.4 is 4.74 Å². The van der Waals surface area contributed by atoms with E-state index >= 15 is 0 Å². The molecule has 5 nitrogen and oxygen atoms in total. The molecular weight excluding hydrogens is 296 g/mol. The molecule has 0 radical (unpaired) electrons. The highest BCUT2D eigenvalue weighted by molar-refractivity contribution is 6.04. The number of hydrogen-bond donors (Lipinski definition) is 1. The average molecular weight is 316 g/mol. The predicted octanol–water partition coefficient (Wildman–Crippen LogP) is 3.55. The molecule has 1 fully saturated rings. The second-order valence-corrected chi connectivity index (χ2v) is 5.73. The summed E-state index contributed by atoms with van der Waals surface area (Å²) in [6, 6.07) is 7.17. The Balaban J connectivity index is 2.10. The molecule has 1 aliphatic rings. The van der Waals surface area contributed by atoms with Gasteiger partial charge in [0.15, 0.2) is 6.29 Å². The minimum Gasteiger partial charge on any atom is -0.506 e. The van der Waals surface area contributed by atoms with Gasteiger partial charge in [-0.3, -0.25) is 0 Å². The smallest absolute Gasteiger partial charge is 0.341 e. The molecule has 0 aromatic heterocycles. The number of carbonyl (C=O) groups is 1. The van der Waals surface area contributed by atoms with Crippen LogP contribution in [0.4, 0.5) is 0 Å². The topological polar surface area (TPSA) is 65.0 Å². The third-order valence-electron chi connectivity index (χ3n) is 4.03. The summed E-state index contributed by atoms with van der Waals surface area (Å²) in [6.45, 7) is 2.60. The van der Waals surface area contributed by atoms with Crippen molar-refractivity contribution in [2.45, 2.75) is 32.5 Å². The lowest BCUT2D eigenvalue weighted by atomic mass is 10.0. The van der Waals surface area contributed by atoms with Crippen molar-refractivity contribution in [2.75, 3.05) is 13.7 Å². The fourth-order valence-corrected chi connectivity index (χ4v) is 2.80. The Bertz CT molecular complexity index is 732. The highest BCUT2D eigenvalue weighted by atomic mass is 16.7. The highest BCUT2D eigenvalue weighted by Crippen LogP contribution is 2.38. The van der Waals surface area contributed by atoms with Gasteiger partial charge in [-0.25, -0.2) is 4.79 Å². The first-order valence-electron chi connectivity index (χ1n) is 7.73. The van der Waals surface area contributed by atoms with E-state index in [1.165, 1.54) is 13.2 Å². The first kappa shape index (κ1) is 15.6. The van der Waals surface area contributed by atoms with E-state index in [-0.39, 0.29) is 17.6 Å². The van der Waals surface area contributed by atoms with Crippen LogP contribution in [-0.2, 0) is 9.47 Å². The molecule has 5 heteroatoms. The summed E-state index contributed by atoms with van der Waals surface area (Å²) < 4.78 is 16.3. The number of fused-ring (bicyclic) bond motifs is 1. The molecule has 0 bridgehead atoms. The molecule has 1 aliphatic heterocycles. The summed E-state index contributed by atoms with van der Waals surface area (Å²) in [7, 11) is 1.28. The predicted molar refractivity (Wildman–Crippen MR) is 85.9 cm³/mol. The van der Waals surface area contributed by atoms with Crippen LogP contribution in [0.5, 0.6) is 11.5 Å². The molecule has 0 aliphatic carbocycles. The maximum Gasteiger partial charge on any atom is 0.341 e. The SMILES string of the molecule is COC(=O)c1cc(OC2CCCCO2)c2ccc(C)cc2c1O. The number of methoxy groups -OCH3 is 1. The number of carbonyl (C=O) groups excluding carboxylic acids is 1. The lowest BCUT2D eigenvalue weighted by Crippen LogP contribution is -2.25. The zero-order valence-corrected chi connectivity index (χ0v) is 13.3. The third kappa shape index (κ3) is 3.10. The Labute approximate surface area is 134 Å². The van der Waals surface area contributed by atoms with Gasteiger partial charge in [-0.05, 0) is 31.9 Å². The zero-order valence-electron chi connectivity index (χ0n) is 13.3. The van der Waals surface area contributed by atoms with Crippen LogP contribution in [0.15, 0.2) is 24.3 Å². The van der Waals surface area contributed by atoms with E-state index < -0.39 is 5.97 Å². The standard InChI is InChI=1S/C18H20O5/c1-11-6-7-12-13(9-11)17(19)14(18(20)21-2)10-15(12)23-16-5-3-4-8-22-16/h6-7,9-10,16,19H,3-5,8H2,1-2H3. The number of aryl methyl sites for hydroxylation is 1. The number of rotatable bonds is 3. The van der Waals surface area contributed by atoms with Crippen molar-refractivity contribution in [3.8, 4) is 11.5 Å². The Kier molecular flexibility index (Phi) is 4.39. The molecule has 1 atom stereocenters. The number of ether oxygens (including phenoxy) is 3. The monoisotopic (exact) mass is 316 g/mol. The number of aromatic hydroxyl groups is 1. The highest BCUT2D eigenvalue weighted by Gasteiger charge is 2.22. The fraction of sp³-hybridized carbons (Fsp3) is 0.389. The molecule has 0 spiro atoms. The molecule has 2 aromatic carbocycles. The lowest BCUT2D eigenvalue weighted by molar-refractivity contribution is -0.105. The Morgan fingerprint density at radius 3 is 2.78 bits per heavy atom. The normalized spacial score (nSPS) is 17.9. The van der Waals surface area contributed by atoms with Crippen LogP contribution >= 0.6 is 0 Å². The zero-order chi connectivity index (χ0) is 16.4. The first-order valence-corrected chi connectivity index (χ1v) is 7.73. The molecule has 1 unspecified atom stereocenters. The van der Waals surface area contributed by atoms with Crippen LogP contribution in [0.3, 0.4) is 0 Å². The molecule has 0 amide bonds. The van der Waals surface area contributed by atoms with E-state index in [2.05, 4.69) is 0 Å². The second kappa shape index (κ2) is 6.46. The van der Waals surface area contributed by atoms with Crippen molar-refractivity contribution in [2.24, 2.45) is 0 Å². The van der Waals surface area contributed by atoms with Crippen molar-refractivity contribution in [1.29, 1.82) is 0 Å². The van der Waals surface area contributed by atoms with Crippen molar-refractivity contribution in [3.63, 3.8) is 0 Å². The van der Waals surface area contributed by atoms with E-state index in [0.717, 1.165) is 30.2 Å². The maximum atomic E-state index is 11.9. The van der Waals surface area contributed by atoms with Crippen molar-refractivity contribution < 1.29 is 24.1 Å². The van der Waals surface area contributed by atoms with Crippen molar-refractivity contribution in [3.05, 3.63) is 35.4 Å². The Hall–Kier alpha value is -2.27. The average Bonchev–Trinajstić information content (AvgIpc) is 2.57. The lowest BCUT2D eigenvalue weighted by Gasteiger charge is -2.24. The van der Waals surface area contributed by atoms with E-state index in [1.807, 2.05) is 25.1 Å². The maximum absolute atomic E-state index is 11.9. The number of benzene rings is 2. The van der Waals surface area contributed by atoms with Gasteiger partial charge < -0.3 is 19.3 Å². The van der Waals surface area contributed by atoms with Gasteiger partial charge in [-0.15, -0.1) is 0 Å². The second-order valence-electron chi connectivity index (χ2n) is 5.73. The molecular formula is C18H20O5. The molecule has 1 heterocycles. The minimum absolute atomic E-state index is 0.0903. The van der Waals surface area contributed by atoms with Gasteiger partial charge in [0.2, 0.25) is 0 Å². The summed E-state index contributed by atoms with van der Waals surface area (Å²) in [4.78, 5) is 11.9. The summed E-state index contributed by atoms with van der Waals surface area (Å²) in [5.41, 5.74) is 1.08. The number of phenols is 1. The van der Waals surface area contributed by atoms with Gasteiger partial charge in [0, 0.05) is 17.2 Å². The van der Waals surface area contributed by atoms with E-state index in [1.54, 1.807) is 0 Å². The van der Waals surface area contributed by atoms with E-state index in [9.17, 15) is 9.90 Å². The van der Waals surface area contributed by atoms with Crippen LogP contribution in [0.1, 0.15) is 35.2 Å². The van der Waals surface area contributed by atoms with Gasteiger partial charge in [0.05, 0.1) is 13.7 Å². The van der Waals surface area contributed by atoms with Gasteiger partial charge in [-0.1, -0.05) is 17.7 Å². The Morgan fingerprint density at radius 2 is 2.09 bits per heavy atom. The van der Waals surface area contributed by atoms with Crippen molar-refractivity contribution >= 4 is 16.7 Å². The van der Waals surface area contributed by atoms with Gasteiger partial charge in [-0.2, -0.15) is 0 Å². The molecule has 23 heavy (non-hydrogen) atoms. The summed E-state index contributed by atoms with van der Waals surface area (Å²) in [6.07, 6.45) is 2.55. The van der Waals surface area contributed by atoms with Gasteiger partial charge in [0.25, 0.3) is 0 Å². The fourth-order valence-electron chi connectivity index (χ4n) is 2.80. The van der Waals surface area contributed by atoms with Crippen molar-refractivity contribution in [1.82, 2.24) is 0 Å². The molecule has 1 saturated heterocycles. The third-order valence-corrected chi connectivity index (χ3v) is 4.03. The van der Waals surface area contributed by atoms with Crippen LogP contribution in [-0.4, -0.2) is 31.1 Å². The summed E-state index contributed by atoms with van der Waals surface area (Å²) >= 11 is 0. The summed E-state index contributed by atoms with van der Waals surface area (Å²) in [5, 5.41) is 11.7. The minimum atomic E-state index is -0.597. The first-order chi connectivity index (χ1) is 11.1. The summed E-state index contributed by atoms with van der Waals surface area (Å²) in [5.74, 6) is -0.169. The van der Waals surface area contributed by atoms with Crippen LogP contribution in [0.25, 0.3) is 10.8 Å². The number of phenolic OH excluding ortho intramolecular Hbond substituents is 1. The molecule has 122 valence electrons. The quantitative estimate of drug-likeness (QED) is 0.877. The molecule has 0 saturated carbocycles. The molecule has 3 rings (SSSR count). The Morgan fingerprint density at radius 1 is 1.26 bits per heavy atom. The number of esters is 1. The van der Waals surface area contributed by atoms with E-state index in [4.69, 9.17) is 14.2 Å².